The van der Waals surface area contributed by atoms with E-state index < -0.39 is 5.82 Å². The summed E-state index contributed by atoms with van der Waals surface area (Å²) in [5.74, 6) is -0.624. The minimum Gasteiger partial charge on any atom is -0.507 e. The van der Waals surface area contributed by atoms with Gasteiger partial charge in [0, 0.05) is 33.0 Å². The number of fused-ring (bicyclic) bond motifs is 3. The molecule has 4 aromatic rings. The van der Waals surface area contributed by atoms with Crippen LogP contribution in [0.5, 0.6) is 5.75 Å². The van der Waals surface area contributed by atoms with Crippen LogP contribution in [0.2, 0.25) is 0 Å². The van der Waals surface area contributed by atoms with E-state index in [1.807, 2.05) is 6.07 Å². The van der Waals surface area contributed by atoms with Crippen molar-refractivity contribution in [2.24, 2.45) is 0 Å². The summed E-state index contributed by atoms with van der Waals surface area (Å²) in [5, 5.41) is 22.4. The average molecular weight is 350 g/mol. The smallest absolute Gasteiger partial charge is 0.266 e. The van der Waals surface area contributed by atoms with E-state index >= 15 is 0 Å². The molecule has 0 aliphatic rings. The topological polar surface area (TPSA) is 76.9 Å². The maximum Gasteiger partial charge on any atom is 0.266 e. The Hall–Kier alpha value is -3.17. The second-order valence-electron chi connectivity index (χ2n) is 5.61. The first-order chi connectivity index (χ1) is 12.1. The third-order valence-corrected chi connectivity index (χ3v) is 5.10. The van der Waals surface area contributed by atoms with Gasteiger partial charge in [0.25, 0.3) is 5.56 Å². The van der Waals surface area contributed by atoms with Crippen LogP contribution in [0.15, 0.2) is 46.6 Å². The summed E-state index contributed by atoms with van der Waals surface area (Å²) in [7, 11) is 0. The first-order valence-corrected chi connectivity index (χ1v) is 8.39. The summed E-state index contributed by atoms with van der Waals surface area (Å²) in [6.45, 7) is 0. The third kappa shape index (κ3) is 2.29. The molecule has 2 aromatic heterocycles. The van der Waals surface area contributed by atoms with Crippen LogP contribution < -0.4 is 5.56 Å². The van der Waals surface area contributed by atoms with Gasteiger partial charge in [0.1, 0.15) is 16.3 Å². The fraction of sp³-hybridized carbons (Fsp3) is 0.0526. The Kier molecular flexibility index (Phi) is 3.52. The fourth-order valence-electron chi connectivity index (χ4n) is 3.10. The van der Waals surface area contributed by atoms with Crippen LogP contribution in [0.1, 0.15) is 5.56 Å². The Morgan fingerprint density at radius 1 is 1.24 bits per heavy atom. The summed E-state index contributed by atoms with van der Waals surface area (Å²) in [5.41, 5.74) is 1.09. The van der Waals surface area contributed by atoms with Crippen LogP contribution in [0, 0.1) is 17.1 Å². The number of phenolic OH excluding ortho intramolecular Hbond substituents is 1. The molecule has 2 N–H and O–H groups in total. The van der Waals surface area contributed by atoms with Crippen LogP contribution in [0.3, 0.4) is 0 Å². The van der Waals surface area contributed by atoms with Gasteiger partial charge in [0.05, 0.1) is 12.5 Å². The van der Waals surface area contributed by atoms with Crippen molar-refractivity contribution in [3.63, 3.8) is 0 Å². The molecule has 0 aliphatic carbocycles. The van der Waals surface area contributed by atoms with Crippen LogP contribution in [0.25, 0.3) is 32.1 Å². The number of H-pyrrole nitrogens is 1. The predicted molar refractivity (Wildman–Crippen MR) is 96.3 cm³/mol. The van der Waals surface area contributed by atoms with Gasteiger partial charge in [-0.25, -0.2) is 4.39 Å². The number of nitrogens with zero attached hydrogens (tertiary/aromatic N) is 1. The minimum atomic E-state index is -0.540. The Balaban J connectivity index is 2.18. The number of hydrogen-bond acceptors (Lipinski definition) is 4. The quantitative estimate of drug-likeness (QED) is 0.565. The number of hydrogen-bond donors (Lipinski definition) is 2. The predicted octanol–water partition coefficient (Wildman–Crippen LogP) is 4.32. The molecule has 0 spiro atoms. The first kappa shape index (κ1) is 15.4. The van der Waals surface area contributed by atoms with E-state index in [2.05, 4.69) is 4.98 Å². The van der Waals surface area contributed by atoms with E-state index in [1.165, 1.54) is 17.4 Å². The summed E-state index contributed by atoms with van der Waals surface area (Å²) >= 11 is 1.29. The lowest BCUT2D eigenvalue weighted by molar-refractivity contribution is 0.477. The molecule has 0 amide bonds. The van der Waals surface area contributed by atoms with Gasteiger partial charge in [0.2, 0.25) is 0 Å². The first-order valence-electron chi connectivity index (χ1n) is 7.51. The van der Waals surface area contributed by atoms with Crippen molar-refractivity contribution in [1.82, 2.24) is 4.98 Å². The van der Waals surface area contributed by atoms with Gasteiger partial charge in [0.15, 0.2) is 0 Å². The number of rotatable bonds is 2. The SMILES string of the molecule is N#CCc1cccc(-c2c(O)ccc3[nH]c(=O)c4sccc4c23)c1F. The highest BCUT2D eigenvalue weighted by atomic mass is 32.1. The van der Waals surface area contributed by atoms with Gasteiger partial charge in [-0.1, -0.05) is 18.2 Å². The van der Waals surface area contributed by atoms with Crippen molar-refractivity contribution in [2.45, 2.75) is 6.42 Å². The molecule has 2 heterocycles. The standard InChI is InChI=1S/C19H11FN2O2S/c20-17-10(6-8-21)2-1-3-11(17)16-14(23)5-4-13-15(16)12-7-9-25-18(12)19(24)22-13/h1-5,7,9,23H,6H2,(H,22,24). The Morgan fingerprint density at radius 2 is 2.08 bits per heavy atom. The molecule has 0 saturated carbocycles. The molecular weight excluding hydrogens is 339 g/mol. The van der Waals surface area contributed by atoms with Crippen LogP contribution in [0.4, 0.5) is 4.39 Å². The number of aromatic nitrogens is 1. The second-order valence-corrected chi connectivity index (χ2v) is 6.53. The van der Waals surface area contributed by atoms with Crippen LogP contribution >= 0.6 is 11.3 Å². The summed E-state index contributed by atoms with van der Waals surface area (Å²) in [6, 6.07) is 11.5. The second kappa shape index (κ2) is 5.72. The summed E-state index contributed by atoms with van der Waals surface area (Å²) in [6.07, 6.45) is -0.0596. The molecule has 0 saturated heterocycles. The number of aromatic hydroxyl groups is 1. The van der Waals surface area contributed by atoms with E-state index in [0.29, 0.717) is 26.6 Å². The minimum absolute atomic E-state index is 0.0596. The van der Waals surface area contributed by atoms with E-state index in [-0.39, 0.29) is 28.9 Å². The molecule has 4 nitrogen and oxygen atoms in total. The van der Waals surface area contributed by atoms with Gasteiger partial charge in [-0.2, -0.15) is 5.26 Å². The third-order valence-electron chi connectivity index (χ3n) is 4.19. The van der Waals surface area contributed by atoms with Crippen molar-refractivity contribution >= 4 is 32.3 Å². The molecule has 0 fully saturated rings. The molecule has 6 heteroatoms. The molecule has 0 unspecified atom stereocenters. The van der Waals surface area contributed by atoms with Gasteiger partial charge in [-0.3, -0.25) is 4.79 Å². The molecule has 0 radical (unpaired) electrons. The van der Waals surface area contributed by atoms with Gasteiger partial charge < -0.3 is 10.1 Å². The van der Waals surface area contributed by atoms with E-state index in [0.717, 1.165) is 0 Å². The van der Waals surface area contributed by atoms with Crippen LogP contribution in [-0.2, 0) is 6.42 Å². The maximum absolute atomic E-state index is 14.9. The average Bonchev–Trinajstić information content (AvgIpc) is 3.08. The fourth-order valence-corrected chi connectivity index (χ4v) is 3.90. The molecule has 25 heavy (non-hydrogen) atoms. The van der Waals surface area contributed by atoms with Gasteiger partial charge >= 0.3 is 0 Å². The highest BCUT2D eigenvalue weighted by Crippen LogP contribution is 2.41. The van der Waals surface area contributed by atoms with Crippen molar-refractivity contribution in [3.8, 4) is 22.9 Å². The molecular formula is C19H11FN2O2S. The Labute approximate surface area is 145 Å². The molecule has 122 valence electrons. The maximum atomic E-state index is 14.9. The van der Waals surface area contributed by atoms with E-state index in [9.17, 15) is 14.3 Å². The molecule has 0 bridgehead atoms. The number of pyridine rings is 1. The lowest BCUT2D eigenvalue weighted by atomic mass is 9.95. The number of thiophene rings is 1. The molecule has 4 rings (SSSR count). The number of halogens is 1. The summed E-state index contributed by atoms with van der Waals surface area (Å²) in [4.78, 5) is 15.0. The number of nitriles is 1. The largest absolute Gasteiger partial charge is 0.507 e. The molecule has 2 aromatic carbocycles. The van der Waals surface area contributed by atoms with Crippen molar-refractivity contribution in [3.05, 3.63) is 63.5 Å². The van der Waals surface area contributed by atoms with Crippen molar-refractivity contribution < 1.29 is 9.50 Å². The zero-order valence-electron chi connectivity index (χ0n) is 12.8. The van der Waals surface area contributed by atoms with Crippen molar-refractivity contribution in [1.29, 1.82) is 5.26 Å². The lowest BCUT2D eigenvalue weighted by Gasteiger charge is -2.12. The van der Waals surface area contributed by atoms with E-state index in [4.69, 9.17) is 5.26 Å². The van der Waals surface area contributed by atoms with Gasteiger partial charge in [-0.15, -0.1) is 11.3 Å². The summed E-state index contributed by atoms with van der Waals surface area (Å²) < 4.78 is 15.4. The number of nitrogens with one attached hydrogen (secondary N) is 1. The van der Waals surface area contributed by atoms with Crippen LogP contribution in [-0.4, -0.2) is 10.1 Å². The normalized spacial score (nSPS) is 11.0. The highest BCUT2D eigenvalue weighted by Gasteiger charge is 2.19. The molecule has 0 atom stereocenters. The van der Waals surface area contributed by atoms with Gasteiger partial charge in [-0.05, 0) is 23.6 Å². The molecule has 0 aliphatic heterocycles. The number of phenols is 1. The lowest BCUT2D eigenvalue weighted by Crippen LogP contribution is -2.05. The zero-order valence-corrected chi connectivity index (χ0v) is 13.7. The Bertz CT molecular complexity index is 1230. The number of aromatic amines is 1. The highest BCUT2D eigenvalue weighted by molar-refractivity contribution is 7.17. The Morgan fingerprint density at radius 3 is 2.88 bits per heavy atom. The van der Waals surface area contributed by atoms with Crippen molar-refractivity contribution in [2.75, 3.05) is 0 Å². The monoisotopic (exact) mass is 350 g/mol. The zero-order chi connectivity index (χ0) is 17.6. The number of benzene rings is 2. The van der Waals surface area contributed by atoms with E-state index in [1.54, 1.807) is 35.7 Å².